The van der Waals surface area contributed by atoms with E-state index in [0.29, 0.717) is 17.1 Å². The Kier molecular flexibility index (Phi) is 2.92. The zero-order valence-corrected chi connectivity index (χ0v) is 14.1. The molecule has 7 heteroatoms. The molecule has 3 unspecified atom stereocenters. The molecule has 0 amide bonds. The first kappa shape index (κ1) is 15.5. The number of aromatic hydroxyl groups is 1. The van der Waals surface area contributed by atoms with E-state index in [0.717, 1.165) is 0 Å². The lowest BCUT2D eigenvalue weighted by Gasteiger charge is -2.21. The average molecular weight is 356 g/mol. The number of phenols is 1. The van der Waals surface area contributed by atoms with E-state index in [1.165, 1.54) is 13.2 Å². The van der Waals surface area contributed by atoms with Gasteiger partial charge in [0.1, 0.15) is 28.6 Å². The van der Waals surface area contributed by atoms with E-state index < -0.39 is 17.8 Å². The van der Waals surface area contributed by atoms with E-state index in [4.69, 9.17) is 18.6 Å². The number of ether oxygens (including phenoxy) is 3. The van der Waals surface area contributed by atoms with Gasteiger partial charge >= 0.3 is 0 Å². The largest absolute Gasteiger partial charge is 0.504 e. The number of benzene rings is 2. The van der Waals surface area contributed by atoms with Crippen molar-refractivity contribution in [3.05, 3.63) is 40.1 Å². The fourth-order valence-electron chi connectivity index (χ4n) is 3.84. The second kappa shape index (κ2) is 4.90. The molecule has 134 valence electrons. The zero-order chi connectivity index (χ0) is 18.2. The summed E-state index contributed by atoms with van der Waals surface area (Å²) in [5, 5.41) is 21.1. The third-order valence-electron chi connectivity index (χ3n) is 5.12. The van der Waals surface area contributed by atoms with Gasteiger partial charge in [0.2, 0.25) is 5.43 Å². The normalized spacial score (nSPS) is 26.7. The molecule has 2 aliphatic heterocycles. The summed E-state index contributed by atoms with van der Waals surface area (Å²) in [5.41, 5.74) is -0.601. The lowest BCUT2D eigenvalue weighted by Crippen LogP contribution is -2.40. The molecule has 1 aromatic heterocycles. The van der Waals surface area contributed by atoms with Crippen molar-refractivity contribution in [2.45, 2.75) is 24.7 Å². The molecule has 3 heterocycles. The topological polar surface area (TPSA) is 98.4 Å². The standard InChI is InChI=1S/C19H16O7/c1-19(22)7-24-17-13-11(25-18(17)19)6-10(23-2)12-14(21)8-4-3-5-9(20)15(8)26-16(12)13/h3-6,17-18,20,22H,7H2,1-2H3. The highest BCUT2D eigenvalue weighted by Gasteiger charge is 2.54. The number of aliphatic hydroxyl groups is 1. The van der Waals surface area contributed by atoms with Crippen LogP contribution in [0.15, 0.2) is 33.5 Å². The minimum atomic E-state index is -1.16. The van der Waals surface area contributed by atoms with E-state index >= 15 is 0 Å². The highest BCUT2D eigenvalue weighted by Crippen LogP contribution is 2.52. The molecule has 0 spiro atoms. The van der Waals surface area contributed by atoms with Gasteiger partial charge in [-0.15, -0.1) is 0 Å². The van der Waals surface area contributed by atoms with E-state index in [1.54, 1.807) is 25.1 Å². The molecule has 1 saturated heterocycles. The third kappa shape index (κ3) is 1.81. The summed E-state index contributed by atoms with van der Waals surface area (Å²) < 4.78 is 23.0. The van der Waals surface area contributed by atoms with Crippen LogP contribution in [0, 0.1) is 0 Å². The highest BCUT2D eigenvalue weighted by molar-refractivity contribution is 5.98. The molecular weight excluding hydrogens is 340 g/mol. The minimum Gasteiger partial charge on any atom is -0.504 e. The van der Waals surface area contributed by atoms with Crippen molar-refractivity contribution >= 4 is 21.9 Å². The van der Waals surface area contributed by atoms with Gasteiger partial charge in [-0.1, -0.05) is 6.07 Å². The molecule has 0 bridgehead atoms. The third-order valence-corrected chi connectivity index (χ3v) is 5.12. The Morgan fingerprint density at radius 2 is 2.12 bits per heavy atom. The first-order chi connectivity index (χ1) is 12.4. The molecule has 7 nitrogen and oxygen atoms in total. The Morgan fingerprint density at radius 1 is 1.31 bits per heavy atom. The van der Waals surface area contributed by atoms with Crippen LogP contribution < -0.4 is 14.9 Å². The van der Waals surface area contributed by atoms with Gasteiger partial charge in [0.05, 0.1) is 24.7 Å². The van der Waals surface area contributed by atoms with Crippen molar-refractivity contribution in [3.8, 4) is 17.2 Å². The van der Waals surface area contributed by atoms with Crippen molar-refractivity contribution in [3.63, 3.8) is 0 Å². The van der Waals surface area contributed by atoms with Crippen molar-refractivity contribution in [2.75, 3.05) is 13.7 Å². The molecule has 0 radical (unpaired) electrons. The van der Waals surface area contributed by atoms with Crippen LogP contribution in [-0.2, 0) is 4.74 Å². The number of phenolic OH excluding ortho intramolecular Hbond substituents is 1. The molecule has 0 aliphatic carbocycles. The summed E-state index contributed by atoms with van der Waals surface area (Å²) in [7, 11) is 1.45. The quantitative estimate of drug-likeness (QED) is 0.645. The molecule has 3 aromatic rings. The van der Waals surface area contributed by atoms with Gasteiger partial charge in [0.25, 0.3) is 0 Å². The molecule has 2 N–H and O–H groups in total. The number of hydrogen-bond donors (Lipinski definition) is 2. The first-order valence-electron chi connectivity index (χ1n) is 8.22. The fourth-order valence-corrected chi connectivity index (χ4v) is 3.84. The molecular formula is C19H16O7. The second-order valence-electron chi connectivity index (χ2n) is 6.91. The SMILES string of the molecule is COc1cc2c(c3oc4c(O)cccc4c(=O)c13)C1OCC(C)(O)C1O2. The van der Waals surface area contributed by atoms with Crippen molar-refractivity contribution < 1.29 is 28.8 Å². The first-order valence-corrected chi connectivity index (χ1v) is 8.22. The minimum absolute atomic E-state index is 0.0914. The zero-order valence-electron chi connectivity index (χ0n) is 14.1. The number of rotatable bonds is 1. The molecule has 2 aliphatic rings. The summed E-state index contributed by atoms with van der Waals surface area (Å²) in [6.07, 6.45) is -1.18. The van der Waals surface area contributed by atoms with Gasteiger partial charge < -0.3 is 28.8 Å². The van der Waals surface area contributed by atoms with Crippen LogP contribution in [0.5, 0.6) is 17.2 Å². The van der Waals surface area contributed by atoms with Gasteiger partial charge in [-0.05, 0) is 19.1 Å². The van der Waals surface area contributed by atoms with E-state index in [-0.39, 0.29) is 39.7 Å². The molecule has 26 heavy (non-hydrogen) atoms. The van der Waals surface area contributed by atoms with E-state index in [9.17, 15) is 15.0 Å². The predicted octanol–water partition coefficient (Wildman–Crippen LogP) is 2.24. The number of para-hydroxylation sites is 1. The Hall–Kier alpha value is -2.77. The Labute approximate surface area is 147 Å². The summed E-state index contributed by atoms with van der Waals surface area (Å²) in [4.78, 5) is 13.1. The highest BCUT2D eigenvalue weighted by atomic mass is 16.6. The lowest BCUT2D eigenvalue weighted by molar-refractivity contribution is -0.0146. The molecule has 1 fully saturated rings. The van der Waals surface area contributed by atoms with Crippen LogP contribution >= 0.6 is 0 Å². The second-order valence-corrected chi connectivity index (χ2v) is 6.91. The van der Waals surface area contributed by atoms with Crippen LogP contribution in [0.3, 0.4) is 0 Å². The Balaban J connectivity index is 1.92. The van der Waals surface area contributed by atoms with Crippen molar-refractivity contribution in [1.82, 2.24) is 0 Å². The monoisotopic (exact) mass is 356 g/mol. The summed E-state index contributed by atoms with van der Waals surface area (Å²) >= 11 is 0. The molecule has 3 atom stereocenters. The maximum absolute atomic E-state index is 13.1. The van der Waals surface area contributed by atoms with Crippen molar-refractivity contribution in [2.24, 2.45) is 0 Å². The molecule has 2 aromatic carbocycles. The van der Waals surface area contributed by atoms with E-state index in [1.807, 2.05) is 0 Å². The van der Waals surface area contributed by atoms with Crippen molar-refractivity contribution in [1.29, 1.82) is 0 Å². The number of fused-ring (bicyclic) bond motifs is 6. The predicted molar refractivity (Wildman–Crippen MR) is 91.9 cm³/mol. The number of hydrogen-bond acceptors (Lipinski definition) is 7. The molecule has 5 rings (SSSR count). The van der Waals surface area contributed by atoms with Crippen LogP contribution in [0.4, 0.5) is 0 Å². The summed E-state index contributed by atoms with van der Waals surface area (Å²) in [5.74, 6) is 0.604. The smallest absolute Gasteiger partial charge is 0.204 e. The Bertz CT molecular complexity index is 1130. The molecule has 0 saturated carbocycles. The van der Waals surface area contributed by atoms with Gasteiger partial charge in [-0.3, -0.25) is 4.79 Å². The van der Waals surface area contributed by atoms with Crippen LogP contribution in [0.1, 0.15) is 18.6 Å². The maximum atomic E-state index is 13.1. The average Bonchev–Trinajstić information content (AvgIpc) is 3.12. The van der Waals surface area contributed by atoms with Crippen LogP contribution in [0.25, 0.3) is 21.9 Å². The Morgan fingerprint density at radius 3 is 2.88 bits per heavy atom. The maximum Gasteiger partial charge on any atom is 0.204 e. The van der Waals surface area contributed by atoms with Gasteiger partial charge in [0.15, 0.2) is 23.0 Å². The number of methoxy groups -OCH3 is 1. The summed E-state index contributed by atoms with van der Waals surface area (Å²) in [6, 6.07) is 6.23. The van der Waals surface area contributed by atoms with Crippen LogP contribution in [0.2, 0.25) is 0 Å². The van der Waals surface area contributed by atoms with Gasteiger partial charge in [0, 0.05) is 6.07 Å². The summed E-state index contributed by atoms with van der Waals surface area (Å²) in [6.45, 7) is 1.75. The fraction of sp³-hybridized carbons (Fsp3) is 0.316. The lowest BCUT2D eigenvalue weighted by atomic mass is 9.95. The van der Waals surface area contributed by atoms with Gasteiger partial charge in [-0.2, -0.15) is 0 Å². The van der Waals surface area contributed by atoms with Gasteiger partial charge in [-0.25, -0.2) is 0 Å². The van der Waals surface area contributed by atoms with Crippen LogP contribution in [-0.4, -0.2) is 35.6 Å². The van der Waals surface area contributed by atoms with E-state index in [2.05, 4.69) is 0 Å².